The van der Waals surface area contributed by atoms with Crippen LogP contribution in [0.2, 0.25) is 5.02 Å². The van der Waals surface area contributed by atoms with Crippen LogP contribution in [0.25, 0.3) is 5.69 Å². The molecule has 2 heterocycles. The number of amides is 1. The predicted octanol–water partition coefficient (Wildman–Crippen LogP) is 0.995. The molecule has 0 unspecified atom stereocenters. The second kappa shape index (κ2) is 5.29. The van der Waals surface area contributed by atoms with Gasteiger partial charge in [-0.05, 0) is 35.5 Å². The number of aryl methyl sites for hydroxylation is 1. The highest BCUT2D eigenvalue weighted by Crippen LogP contribution is 2.24. The number of anilines is 1. The van der Waals surface area contributed by atoms with E-state index in [2.05, 4.69) is 36.0 Å². The minimum absolute atomic E-state index is 0.0383. The molecule has 0 saturated carbocycles. The van der Waals surface area contributed by atoms with Gasteiger partial charge in [-0.2, -0.15) is 0 Å². The van der Waals surface area contributed by atoms with Crippen LogP contribution in [0.4, 0.5) is 5.69 Å². The molecule has 0 spiro atoms. The van der Waals surface area contributed by atoms with Crippen molar-refractivity contribution in [2.45, 2.75) is 6.92 Å². The van der Waals surface area contributed by atoms with E-state index in [1.165, 1.54) is 11.0 Å². The van der Waals surface area contributed by atoms with Crippen LogP contribution >= 0.6 is 11.6 Å². The van der Waals surface area contributed by atoms with E-state index in [1.54, 1.807) is 25.1 Å². The van der Waals surface area contributed by atoms with Gasteiger partial charge >= 0.3 is 0 Å². The van der Waals surface area contributed by atoms with Gasteiger partial charge in [0.25, 0.3) is 5.91 Å². The molecule has 21 heavy (non-hydrogen) atoms. The first-order valence-corrected chi connectivity index (χ1v) is 6.24. The number of aromatic amines is 1. The largest absolute Gasteiger partial charge is 0.318 e. The highest BCUT2D eigenvalue weighted by atomic mass is 35.5. The van der Waals surface area contributed by atoms with Crippen LogP contribution in [0.3, 0.4) is 0 Å². The number of rotatable bonds is 3. The number of halogens is 1. The Labute approximate surface area is 123 Å². The van der Waals surface area contributed by atoms with Crippen molar-refractivity contribution in [3.63, 3.8) is 0 Å². The van der Waals surface area contributed by atoms with E-state index in [9.17, 15) is 4.79 Å². The van der Waals surface area contributed by atoms with Gasteiger partial charge in [0.2, 0.25) is 5.82 Å². The summed E-state index contributed by atoms with van der Waals surface area (Å²) < 4.78 is 1.45. The molecule has 0 fully saturated rings. The van der Waals surface area contributed by atoms with Crippen LogP contribution < -0.4 is 5.32 Å². The van der Waals surface area contributed by atoms with E-state index in [0.29, 0.717) is 22.2 Å². The van der Waals surface area contributed by atoms with Crippen molar-refractivity contribution in [2.24, 2.45) is 0 Å². The maximum Gasteiger partial charge on any atom is 0.295 e. The van der Waals surface area contributed by atoms with Crippen molar-refractivity contribution in [2.75, 3.05) is 5.32 Å². The Balaban J connectivity index is 1.88. The van der Waals surface area contributed by atoms with Crippen molar-refractivity contribution in [3.8, 4) is 5.69 Å². The van der Waals surface area contributed by atoms with Crippen molar-refractivity contribution in [1.29, 1.82) is 0 Å². The molecule has 0 aliphatic carbocycles. The van der Waals surface area contributed by atoms with E-state index in [4.69, 9.17) is 11.6 Å². The summed E-state index contributed by atoms with van der Waals surface area (Å²) in [5, 5.41) is 20.3. The molecule has 1 aromatic carbocycles. The van der Waals surface area contributed by atoms with Gasteiger partial charge in [0, 0.05) is 0 Å². The number of hydrogen-bond acceptors (Lipinski definition) is 6. The second-order valence-corrected chi connectivity index (χ2v) is 4.52. The number of hydrogen-bond donors (Lipinski definition) is 2. The van der Waals surface area contributed by atoms with Gasteiger partial charge in [0.05, 0.1) is 16.4 Å². The van der Waals surface area contributed by atoms with Crippen molar-refractivity contribution < 1.29 is 4.79 Å². The SMILES string of the molecule is Cc1nc(C(=O)Nc2cc(-n3cnnn3)ccc2Cl)n[nH]1. The molecule has 3 aromatic rings. The van der Waals surface area contributed by atoms with Gasteiger partial charge in [0.15, 0.2) is 0 Å². The zero-order valence-electron chi connectivity index (χ0n) is 10.8. The summed E-state index contributed by atoms with van der Waals surface area (Å²) >= 11 is 6.07. The fourth-order valence-corrected chi connectivity index (χ4v) is 1.82. The Morgan fingerprint density at radius 2 is 2.29 bits per heavy atom. The van der Waals surface area contributed by atoms with Gasteiger partial charge in [-0.3, -0.25) is 9.89 Å². The molecule has 0 bridgehead atoms. The molecule has 106 valence electrons. The first kappa shape index (κ1) is 13.2. The Morgan fingerprint density at radius 3 is 2.95 bits per heavy atom. The molecule has 0 atom stereocenters. The first-order valence-electron chi connectivity index (χ1n) is 5.87. The number of H-pyrrole nitrogens is 1. The predicted molar refractivity (Wildman–Crippen MR) is 73.2 cm³/mol. The average Bonchev–Trinajstić information content (AvgIpc) is 3.12. The average molecular weight is 305 g/mol. The quantitative estimate of drug-likeness (QED) is 0.746. The van der Waals surface area contributed by atoms with Crippen molar-refractivity contribution in [3.05, 3.63) is 41.2 Å². The summed E-state index contributed by atoms with van der Waals surface area (Å²) in [4.78, 5) is 16.0. The lowest BCUT2D eigenvalue weighted by molar-refractivity contribution is 0.101. The molecule has 1 amide bonds. The first-order chi connectivity index (χ1) is 10.1. The van der Waals surface area contributed by atoms with Crippen molar-refractivity contribution in [1.82, 2.24) is 35.4 Å². The molecule has 2 N–H and O–H groups in total. The van der Waals surface area contributed by atoms with Gasteiger partial charge in [-0.15, -0.1) is 10.2 Å². The third-order valence-corrected chi connectivity index (χ3v) is 2.94. The summed E-state index contributed by atoms with van der Waals surface area (Å²) in [6.07, 6.45) is 1.44. The lowest BCUT2D eigenvalue weighted by atomic mass is 10.2. The van der Waals surface area contributed by atoms with E-state index in [1.807, 2.05) is 0 Å². The van der Waals surface area contributed by atoms with E-state index in [0.717, 1.165) is 0 Å². The summed E-state index contributed by atoms with van der Waals surface area (Å²) in [5.41, 5.74) is 1.07. The Kier molecular flexibility index (Phi) is 3.32. The topological polar surface area (TPSA) is 114 Å². The van der Waals surface area contributed by atoms with Gasteiger partial charge < -0.3 is 5.32 Å². The number of carbonyl (C=O) groups is 1. The smallest absolute Gasteiger partial charge is 0.295 e. The Morgan fingerprint density at radius 1 is 1.43 bits per heavy atom. The highest BCUT2D eigenvalue weighted by Gasteiger charge is 2.14. The molecule has 3 rings (SSSR count). The molecule has 0 saturated heterocycles. The molecule has 9 nitrogen and oxygen atoms in total. The molecule has 0 aliphatic rings. The maximum absolute atomic E-state index is 12.0. The minimum Gasteiger partial charge on any atom is -0.318 e. The highest BCUT2D eigenvalue weighted by molar-refractivity contribution is 6.34. The number of nitrogens with zero attached hydrogens (tertiary/aromatic N) is 6. The summed E-state index contributed by atoms with van der Waals surface area (Å²) in [6, 6.07) is 5.01. The zero-order chi connectivity index (χ0) is 14.8. The summed E-state index contributed by atoms with van der Waals surface area (Å²) in [6.45, 7) is 1.70. The van der Waals surface area contributed by atoms with Gasteiger partial charge in [0.1, 0.15) is 12.2 Å². The molecular formula is C11H9ClN8O. The number of tetrazole rings is 1. The van der Waals surface area contributed by atoms with Crippen LogP contribution in [-0.4, -0.2) is 41.3 Å². The van der Waals surface area contributed by atoms with Crippen LogP contribution in [0, 0.1) is 6.92 Å². The lowest BCUT2D eigenvalue weighted by Gasteiger charge is -2.07. The molecule has 10 heteroatoms. The Hall–Kier alpha value is -2.81. The molecule has 0 radical (unpaired) electrons. The number of aromatic nitrogens is 7. The van der Waals surface area contributed by atoms with E-state index < -0.39 is 5.91 Å². The van der Waals surface area contributed by atoms with Gasteiger partial charge in [-0.25, -0.2) is 9.67 Å². The monoisotopic (exact) mass is 304 g/mol. The standard InChI is InChI=1S/C11H9ClN8O/c1-6-14-10(17-16-6)11(21)15-9-4-7(2-3-8(9)12)20-5-13-18-19-20/h2-5H,1H3,(H,15,21)(H,14,16,17). The normalized spacial score (nSPS) is 10.6. The second-order valence-electron chi connectivity index (χ2n) is 4.12. The third kappa shape index (κ3) is 2.72. The third-order valence-electron chi connectivity index (χ3n) is 2.61. The van der Waals surface area contributed by atoms with Crippen LogP contribution in [0.5, 0.6) is 0 Å². The Bertz CT molecular complexity index is 781. The molecular weight excluding hydrogens is 296 g/mol. The lowest BCUT2D eigenvalue weighted by Crippen LogP contribution is -2.14. The fraction of sp³-hybridized carbons (Fsp3) is 0.0909. The molecule has 0 aliphatic heterocycles. The fourth-order valence-electron chi connectivity index (χ4n) is 1.65. The maximum atomic E-state index is 12.0. The van der Waals surface area contributed by atoms with Crippen LogP contribution in [0.1, 0.15) is 16.4 Å². The summed E-state index contributed by atoms with van der Waals surface area (Å²) in [7, 11) is 0. The summed E-state index contributed by atoms with van der Waals surface area (Å²) in [5.74, 6) is 0.125. The number of nitrogens with one attached hydrogen (secondary N) is 2. The zero-order valence-corrected chi connectivity index (χ0v) is 11.5. The minimum atomic E-state index is -0.463. The van der Waals surface area contributed by atoms with Crippen LogP contribution in [0.15, 0.2) is 24.5 Å². The molecule has 2 aromatic heterocycles. The van der Waals surface area contributed by atoms with Gasteiger partial charge in [-0.1, -0.05) is 11.6 Å². The van der Waals surface area contributed by atoms with E-state index in [-0.39, 0.29) is 5.82 Å². The van der Waals surface area contributed by atoms with Crippen LogP contribution in [-0.2, 0) is 0 Å². The number of carbonyl (C=O) groups excluding carboxylic acids is 1. The van der Waals surface area contributed by atoms with E-state index >= 15 is 0 Å². The number of benzene rings is 1. The van der Waals surface area contributed by atoms with Crippen molar-refractivity contribution >= 4 is 23.2 Å².